The zero-order valence-corrected chi connectivity index (χ0v) is 16.6. The average Bonchev–Trinajstić information content (AvgIpc) is 3.37. The second-order valence-electron chi connectivity index (χ2n) is 6.63. The van der Waals surface area contributed by atoms with Crippen molar-refractivity contribution in [2.45, 2.75) is 4.90 Å². The minimum atomic E-state index is -3.72. The normalized spacial score (nSPS) is 11.5. The molecule has 0 aliphatic heterocycles. The van der Waals surface area contributed by atoms with Crippen LogP contribution in [-0.2, 0) is 9.84 Å². The number of hydrogen-bond acceptors (Lipinski definition) is 5. The van der Waals surface area contributed by atoms with Crippen LogP contribution in [0.15, 0.2) is 76.2 Å². The third-order valence-corrected chi connectivity index (χ3v) is 5.64. The van der Waals surface area contributed by atoms with E-state index < -0.39 is 26.5 Å². The molecule has 4 aromatic rings. The zero-order chi connectivity index (χ0) is 21.5. The summed E-state index contributed by atoms with van der Waals surface area (Å²) in [5.74, 6) is -0.952. The SMILES string of the molecule is CS(=O)(=O)c1ccc(-n2nc(C(N)=O)cc2-c2ccc(-c3ccco3)cc2)cc1F. The molecule has 4 rings (SSSR count). The third kappa shape index (κ3) is 3.62. The maximum Gasteiger partial charge on any atom is 0.269 e. The second-order valence-corrected chi connectivity index (χ2v) is 8.62. The van der Waals surface area contributed by atoms with Gasteiger partial charge in [-0.25, -0.2) is 17.5 Å². The van der Waals surface area contributed by atoms with Gasteiger partial charge in [0.15, 0.2) is 15.5 Å². The Labute approximate surface area is 171 Å². The number of carbonyl (C=O) groups is 1. The number of sulfone groups is 1. The van der Waals surface area contributed by atoms with Crippen molar-refractivity contribution in [3.63, 3.8) is 0 Å². The number of aromatic nitrogens is 2. The van der Waals surface area contributed by atoms with E-state index in [4.69, 9.17) is 10.2 Å². The van der Waals surface area contributed by atoms with E-state index in [0.717, 1.165) is 24.0 Å². The van der Waals surface area contributed by atoms with Gasteiger partial charge in [0.05, 0.1) is 17.6 Å². The molecule has 1 amide bonds. The Morgan fingerprint density at radius 2 is 1.77 bits per heavy atom. The van der Waals surface area contributed by atoms with Crippen molar-refractivity contribution < 1.29 is 22.0 Å². The molecule has 0 aliphatic carbocycles. The first-order valence-electron chi connectivity index (χ1n) is 8.78. The van der Waals surface area contributed by atoms with Crippen LogP contribution in [0, 0.1) is 5.82 Å². The number of furan rings is 1. The fraction of sp³-hybridized carbons (Fsp3) is 0.0476. The first kappa shape index (κ1) is 19.6. The molecule has 2 N–H and O–H groups in total. The van der Waals surface area contributed by atoms with Crippen molar-refractivity contribution in [3.05, 3.63) is 78.4 Å². The summed E-state index contributed by atoms with van der Waals surface area (Å²) in [6.07, 6.45) is 2.50. The van der Waals surface area contributed by atoms with Crippen molar-refractivity contribution in [2.24, 2.45) is 5.73 Å². The summed E-state index contributed by atoms with van der Waals surface area (Å²) in [7, 11) is -3.72. The molecule has 0 saturated heterocycles. The Bertz CT molecular complexity index is 1340. The molecule has 0 unspecified atom stereocenters. The molecule has 0 spiro atoms. The number of primary amides is 1. The van der Waals surface area contributed by atoms with Crippen LogP contribution in [0.25, 0.3) is 28.3 Å². The van der Waals surface area contributed by atoms with Crippen LogP contribution < -0.4 is 5.73 Å². The molecule has 0 saturated carbocycles. The van der Waals surface area contributed by atoms with Crippen LogP contribution in [0.4, 0.5) is 4.39 Å². The molecule has 0 radical (unpaired) electrons. The lowest BCUT2D eigenvalue weighted by Crippen LogP contribution is -2.12. The molecule has 2 aromatic heterocycles. The molecule has 2 aromatic carbocycles. The lowest BCUT2D eigenvalue weighted by molar-refractivity contribution is 0.0995. The number of halogens is 1. The van der Waals surface area contributed by atoms with Gasteiger partial charge in [0, 0.05) is 23.4 Å². The van der Waals surface area contributed by atoms with Crippen LogP contribution in [0.2, 0.25) is 0 Å². The minimum absolute atomic E-state index is 0.00675. The predicted octanol–water partition coefficient (Wildman–Crippen LogP) is 3.44. The molecule has 0 aliphatic rings. The number of nitrogens with two attached hydrogens (primary N) is 1. The molecule has 0 bridgehead atoms. The summed E-state index contributed by atoms with van der Waals surface area (Å²) < 4.78 is 44.5. The lowest BCUT2D eigenvalue weighted by atomic mass is 10.1. The van der Waals surface area contributed by atoms with Gasteiger partial charge < -0.3 is 10.2 Å². The predicted molar refractivity (Wildman–Crippen MR) is 108 cm³/mol. The van der Waals surface area contributed by atoms with E-state index in [-0.39, 0.29) is 11.4 Å². The monoisotopic (exact) mass is 425 g/mol. The number of benzene rings is 2. The number of nitrogens with zero attached hydrogens (tertiary/aromatic N) is 2. The Balaban J connectivity index is 1.82. The van der Waals surface area contributed by atoms with Gasteiger partial charge in [-0.05, 0) is 30.3 Å². The summed E-state index contributed by atoms with van der Waals surface area (Å²) in [4.78, 5) is 11.3. The third-order valence-electron chi connectivity index (χ3n) is 4.51. The van der Waals surface area contributed by atoms with Crippen molar-refractivity contribution >= 4 is 15.7 Å². The second kappa shape index (κ2) is 7.27. The van der Waals surface area contributed by atoms with Crippen LogP contribution >= 0.6 is 0 Å². The Kier molecular flexibility index (Phi) is 4.75. The number of carbonyl (C=O) groups excluding carboxylic acids is 1. The van der Waals surface area contributed by atoms with Gasteiger partial charge in [0.1, 0.15) is 16.5 Å². The molecule has 2 heterocycles. The molecular formula is C21H16FN3O4S. The zero-order valence-electron chi connectivity index (χ0n) is 15.7. The molecular weight excluding hydrogens is 409 g/mol. The smallest absolute Gasteiger partial charge is 0.269 e. The highest BCUT2D eigenvalue weighted by atomic mass is 32.2. The molecule has 7 nitrogen and oxygen atoms in total. The van der Waals surface area contributed by atoms with E-state index in [1.54, 1.807) is 24.5 Å². The molecule has 30 heavy (non-hydrogen) atoms. The fourth-order valence-corrected chi connectivity index (χ4v) is 3.80. The lowest BCUT2D eigenvalue weighted by Gasteiger charge is -2.10. The maximum absolute atomic E-state index is 14.4. The Morgan fingerprint density at radius 3 is 2.33 bits per heavy atom. The van der Waals surface area contributed by atoms with Gasteiger partial charge in [-0.1, -0.05) is 24.3 Å². The van der Waals surface area contributed by atoms with E-state index in [2.05, 4.69) is 5.10 Å². The van der Waals surface area contributed by atoms with Crippen LogP contribution in [0.1, 0.15) is 10.5 Å². The molecule has 0 atom stereocenters. The summed E-state index contributed by atoms with van der Waals surface area (Å²) >= 11 is 0. The first-order valence-corrected chi connectivity index (χ1v) is 10.7. The fourth-order valence-electron chi connectivity index (χ4n) is 3.07. The van der Waals surface area contributed by atoms with Gasteiger partial charge in [0.2, 0.25) is 0 Å². The Hall–Kier alpha value is -3.72. The summed E-state index contributed by atoms with van der Waals surface area (Å²) in [6, 6.07) is 16.0. The van der Waals surface area contributed by atoms with Gasteiger partial charge >= 0.3 is 0 Å². The maximum atomic E-state index is 14.4. The largest absolute Gasteiger partial charge is 0.464 e. The van der Waals surface area contributed by atoms with Crippen molar-refractivity contribution in [1.29, 1.82) is 0 Å². The van der Waals surface area contributed by atoms with E-state index >= 15 is 0 Å². The Morgan fingerprint density at radius 1 is 1.07 bits per heavy atom. The topological polar surface area (TPSA) is 108 Å². The van der Waals surface area contributed by atoms with Crippen molar-refractivity contribution in [1.82, 2.24) is 9.78 Å². The number of amides is 1. The highest BCUT2D eigenvalue weighted by molar-refractivity contribution is 7.90. The van der Waals surface area contributed by atoms with Crippen molar-refractivity contribution in [3.8, 4) is 28.3 Å². The van der Waals surface area contributed by atoms with Crippen LogP contribution in [0.5, 0.6) is 0 Å². The van der Waals surface area contributed by atoms with E-state index in [1.165, 1.54) is 16.8 Å². The highest BCUT2D eigenvalue weighted by Gasteiger charge is 2.19. The number of rotatable bonds is 5. The quantitative estimate of drug-likeness (QED) is 0.527. The van der Waals surface area contributed by atoms with E-state index in [1.807, 2.05) is 18.2 Å². The first-order chi connectivity index (χ1) is 14.2. The summed E-state index contributed by atoms with van der Waals surface area (Å²) in [5.41, 5.74) is 7.65. The van der Waals surface area contributed by atoms with Crippen LogP contribution in [-0.4, -0.2) is 30.4 Å². The minimum Gasteiger partial charge on any atom is -0.464 e. The molecule has 9 heteroatoms. The molecule has 152 valence electrons. The van der Waals surface area contributed by atoms with Gasteiger partial charge in [-0.15, -0.1) is 0 Å². The van der Waals surface area contributed by atoms with Gasteiger partial charge in [-0.2, -0.15) is 5.10 Å². The average molecular weight is 425 g/mol. The standard InChI is InChI=1S/C21H16FN3O4S/c1-30(27,28)20-9-8-15(11-16(20)22)25-18(12-17(24-25)21(23)26)13-4-6-14(7-5-13)19-3-2-10-29-19/h2-12H,1H3,(H2,23,26). The van der Waals surface area contributed by atoms with E-state index in [9.17, 15) is 17.6 Å². The van der Waals surface area contributed by atoms with Crippen molar-refractivity contribution in [2.75, 3.05) is 6.26 Å². The van der Waals surface area contributed by atoms with Crippen LogP contribution in [0.3, 0.4) is 0 Å². The van der Waals surface area contributed by atoms with E-state index in [0.29, 0.717) is 17.0 Å². The van der Waals surface area contributed by atoms with Gasteiger partial charge in [-0.3, -0.25) is 4.79 Å². The molecule has 0 fully saturated rings. The summed E-state index contributed by atoms with van der Waals surface area (Å²) in [6.45, 7) is 0. The number of hydrogen-bond donors (Lipinski definition) is 1. The highest BCUT2D eigenvalue weighted by Crippen LogP contribution is 2.28. The summed E-state index contributed by atoms with van der Waals surface area (Å²) in [5, 5.41) is 4.17. The van der Waals surface area contributed by atoms with Gasteiger partial charge in [0.25, 0.3) is 5.91 Å².